The molecule has 1 N–H and O–H groups in total. The molecular weight excluding hydrogens is 362 g/mol. The zero-order chi connectivity index (χ0) is 18.7. The number of nitrogens with zero attached hydrogens (tertiary/aromatic N) is 2. The van der Waals surface area contributed by atoms with Crippen molar-refractivity contribution in [1.82, 2.24) is 15.4 Å². The second kappa shape index (κ2) is 8.03. The van der Waals surface area contributed by atoms with Crippen LogP contribution in [-0.4, -0.2) is 41.6 Å². The van der Waals surface area contributed by atoms with Gasteiger partial charge in [-0.05, 0) is 31.2 Å². The predicted octanol–water partition coefficient (Wildman–Crippen LogP) is 3.57. The van der Waals surface area contributed by atoms with Gasteiger partial charge in [0.1, 0.15) is 5.76 Å². The Balaban J connectivity index is 1.19. The number of aromatic nitrogens is 1. The van der Waals surface area contributed by atoms with Gasteiger partial charge in [-0.25, -0.2) is 0 Å². The predicted molar refractivity (Wildman–Crippen MR) is 105 cm³/mol. The van der Waals surface area contributed by atoms with Gasteiger partial charge in [0, 0.05) is 50.0 Å². The minimum absolute atomic E-state index is 0.0731. The molecule has 0 bridgehead atoms. The first-order chi connectivity index (χ1) is 13.1. The largest absolute Gasteiger partial charge is 0.360 e. The molecule has 2 aliphatic rings. The van der Waals surface area contributed by atoms with E-state index in [9.17, 15) is 4.79 Å². The smallest absolute Gasteiger partial charge is 0.220 e. The molecule has 1 saturated carbocycles. The molecule has 0 atom stereocenters. The highest BCUT2D eigenvalue weighted by Gasteiger charge is 2.45. The number of halogens is 1. The molecule has 2 aromatic rings. The molecule has 0 unspecified atom stereocenters. The molecule has 144 valence electrons. The lowest BCUT2D eigenvalue weighted by atomic mass is 9.94. The first kappa shape index (κ1) is 18.5. The molecule has 1 aromatic carbocycles. The van der Waals surface area contributed by atoms with Crippen LogP contribution in [0.25, 0.3) is 0 Å². The lowest BCUT2D eigenvalue weighted by molar-refractivity contribution is -0.122. The van der Waals surface area contributed by atoms with Crippen LogP contribution in [0.2, 0.25) is 5.15 Å². The van der Waals surface area contributed by atoms with E-state index < -0.39 is 0 Å². The molecule has 5 nitrogen and oxygen atoms in total. The van der Waals surface area contributed by atoms with Crippen molar-refractivity contribution in [3.05, 3.63) is 52.9 Å². The van der Waals surface area contributed by atoms with Crippen molar-refractivity contribution in [1.29, 1.82) is 0 Å². The Kier molecular flexibility index (Phi) is 5.50. The first-order valence-corrected chi connectivity index (χ1v) is 10.2. The summed E-state index contributed by atoms with van der Waals surface area (Å²) in [6.07, 6.45) is 5.56. The summed E-state index contributed by atoms with van der Waals surface area (Å²) in [6, 6.07) is 12.8. The van der Waals surface area contributed by atoms with Crippen molar-refractivity contribution < 1.29 is 9.32 Å². The van der Waals surface area contributed by atoms with E-state index in [0.717, 1.165) is 32.5 Å². The van der Waals surface area contributed by atoms with Gasteiger partial charge in [0.15, 0.2) is 5.15 Å². The maximum absolute atomic E-state index is 12.2. The summed E-state index contributed by atoms with van der Waals surface area (Å²) in [6.45, 7) is 3.25. The lowest BCUT2D eigenvalue weighted by Gasteiger charge is -2.35. The quantitative estimate of drug-likeness (QED) is 0.789. The number of piperidine rings is 1. The van der Waals surface area contributed by atoms with Crippen molar-refractivity contribution in [2.45, 2.75) is 50.0 Å². The Hall–Kier alpha value is -1.85. The minimum atomic E-state index is 0.0731. The van der Waals surface area contributed by atoms with Crippen LogP contribution in [0.4, 0.5) is 0 Å². The first-order valence-electron chi connectivity index (χ1n) is 9.81. The third-order valence-electron chi connectivity index (χ3n) is 5.85. The molecule has 6 heteroatoms. The molecule has 2 heterocycles. The Bertz CT molecular complexity index is 765. The topological polar surface area (TPSA) is 58.4 Å². The maximum atomic E-state index is 12.2. The third-order valence-corrected chi connectivity index (χ3v) is 6.03. The minimum Gasteiger partial charge on any atom is -0.360 e. The van der Waals surface area contributed by atoms with E-state index in [1.54, 1.807) is 6.07 Å². The van der Waals surface area contributed by atoms with E-state index in [1.165, 1.54) is 18.4 Å². The van der Waals surface area contributed by atoms with Gasteiger partial charge in [0.2, 0.25) is 5.91 Å². The summed E-state index contributed by atoms with van der Waals surface area (Å²) in [5.41, 5.74) is 1.85. The number of hydrogen-bond donors (Lipinski definition) is 1. The van der Waals surface area contributed by atoms with Crippen LogP contribution in [-0.2, 0) is 16.6 Å². The molecule has 1 aliphatic heterocycles. The molecule has 1 aliphatic carbocycles. The van der Waals surface area contributed by atoms with Gasteiger partial charge in [-0.15, -0.1) is 0 Å². The van der Waals surface area contributed by atoms with Crippen molar-refractivity contribution in [3.8, 4) is 0 Å². The van der Waals surface area contributed by atoms with Gasteiger partial charge in [0.05, 0.1) is 0 Å². The van der Waals surface area contributed by atoms with Crippen molar-refractivity contribution >= 4 is 17.5 Å². The molecule has 27 heavy (non-hydrogen) atoms. The molecule has 1 amide bonds. The molecular formula is C21H26ClN3O2. The summed E-state index contributed by atoms with van der Waals surface area (Å²) >= 11 is 5.72. The van der Waals surface area contributed by atoms with Gasteiger partial charge in [-0.1, -0.05) is 47.1 Å². The molecule has 2 fully saturated rings. The van der Waals surface area contributed by atoms with Crippen LogP contribution in [0.15, 0.2) is 40.9 Å². The maximum Gasteiger partial charge on any atom is 0.220 e. The standard InChI is InChI=1S/C21H26ClN3O2/c22-19-14-18(27-24-19)6-7-20(26)23-17-8-12-25(13-9-17)15-21(10-11-21)16-4-2-1-3-5-16/h1-5,14,17H,6-13,15H2,(H,23,26). The van der Waals surface area contributed by atoms with Crippen LogP contribution >= 0.6 is 11.6 Å². The van der Waals surface area contributed by atoms with Crippen molar-refractivity contribution in [3.63, 3.8) is 0 Å². The van der Waals surface area contributed by atoms with Crippen molar-refractivity contribution in [2.24, 2.45) is 0 Å². The second-order valence-electron chi connectivity index (χ2n) is 7.88. The molecule has 1 saturated heterocycles. The average Bonchev–Trinajstić information content (AvgIpc) is 3.35. The Morgan fingerprint density at radius 1 is 1.26 bits per heavy atom. The highest BCUT2D eigenvalue weighted by atomic mass is 35.5. The number of benzene rings is 1. The zero-order valence-electron chi connectivity index (χ0n) is 15.5. The number of likely N-dealkylation sites (tertiary alicyclic amines) is 1. The molecule has 0 spiro atoms. The highest BCUT2D eigenvalue weighted by Crippen LogP contribution is 2.48. The summed E-state index contributed by atoms with van der Waals surface area (Å²) in [5.74, 6) is 0.726. The Morgan fingerprint density at radius 2 is 2.00 bits per heavy atom. The number of aryl methyl sites for hydroxylation is 1. The van der Waals surface area contributed by atoms with E-state index in [0.29, 0.717) is 29.2 Å². The molecule has 4 rings (SSSR count). The fourth-order valence-electron chi connectivity index (χ4n) is 4.09. The number of nitrogens with one attached hydrogen (secondary N) is 1. The Morgan fingerprint density at radius 3 is 2.63 bits per heavy atom. The van der Waals surface area contributed by atoms with Gasteiger partial charge in [0.25, 0.3) is 0 Å². The number of rotatable bonds is 7. The zero-order valence-corrected chi connectivity index (χ0v) is 16.3. The van der Waals surface area contributed by atoms with Gasteiger partial charge in [-0.2, -0.15) is 0 Å². The van der Waals surface area contributed by atoms with E-state index in [4.69, 9.17) is 16.1 Å². The van der Waals surface area contributed by atoms with E-state index in [2.05, 4.69) is 45.7 Å². The number of carbonyl (C=O) groups is 1. The Labute approximate surface area is 165 Å². The van der Waals surface area contributed by atoms with Crippen LogP contribution in [0.5, 0.6) is 0 Å². The third kappa shape index (κ3) is 4.71. The summed E-state index contributed by atoms with van der Waals surface area (Å²) < 4.78 is 5.04. The highest BCUT2D eigenvalue weighted by molar-refractivity contribution is 6.29. The second-order valence-corrected chi connectivity index (χ2v) is 8.27. The van der Waals surface area contributed by atoms with Crippen molar-refractivity contribution in [2.75, 3.05) is 19.6 Å². The van der Waals surface area contributed by atoms with E-state index in [1.807, 2.05) is 0 Å². The van der Waals surface area contributed by atoms with Crippen LogP contribution < -0.4 is 5.32 Å². The van der Waals surface area contributed by atoms with Gasteiger partial charge in [-0.3, -0.25) is 4.79 Å². The normalized spacial score (nSPS) is 19.7. The number of amides is 1. The molecule has 1 aromatic heterocycles. The van der Waals surface area contributed by atoms with Gasteiger partial charge < -0.3 is 14.7 Å². The summed E-state index contributed by atoms with van der Waals surface area (Å²) in [7, 11) is 0. The van der Waals surface area contributed by atoms with Gasteiger partial charge >= 0.3 is 0 Å². The monoisotopic (exact) mass is 387 g/mol. The fourth-order valence-corrected chi connectivity index (χ4v) is 4.24. The lowest BCUT2D eigenvalue weighted by Crippen LogP contribution is -2.46. The summed E-state index contributed by atoms with van der Waals surface area (Å²) in [4.78, 5) is 14.7. The van der Waals surface area contributed by atoms with Crippen LogP contribution in [0.1, 0.15) is 43.4 Å². The van der Waals surface area contributed by atoms with Crippen LogP contribution in [0, 0.1) is 0 Å². The number of hydrogen-bond acceptors (Lipinski definition) is 4. The van der Waals surface area contributed by atoms with E-state index in [-0.39, 0.29) is 11.9 Å². The average molecular weight is 388 g/mol. The number of carbonyl (C=O) groups excluding carboxylic acids is 1. The SMILES string of the molecule is O=C(CCc1cc(Cl)no1)NC1CCN(CC2(c3ccccc3)CC2)CC1. The fraction of sp³-hybridized carbons (Fsp3) is 0.524. The molecule has 0 radical (unpaired) electrons. The van der Waals surface area contributed by atoms with E-state index >= 15 is 0 Å². The van der Waals surface area contributed by atoms with Crippen LogP contribution in [0.3, 0.4) is 0 Å². The summed E-state index contributed by atoms with van der Waals surface area (Å²) in [5, 5.41) is 7.13.